The van der Waals surface area contributed by atoms with Crippen LogP contribution in [0.25, 0.3) is 11.3 Å². The summed E-state index contributed by atoms with van der Waals surface area (Å²) >= 11 is 0. The average Bonchev–Trinajstić information content (AvgIpc) is 3.28. The Morgan fingerprint density at radius 3 is 2.52 bits per heavy atom. The number of hydrogen-bond acceptors (Lipinski definition) is 5. The van der Waals surface area contributed by atoms with Crippen molar-refractivity contribution in [3.05, 3.63) is 72.0 Å². The van der Waals surface area contributed by atoms with Crippen LogP contribution in [0.1, 0.15) is 23.2 Å². The summed E-state index contributed by atoms with van der Waals surface area (Å²) in [6, 6.07) is 16.3. The second-order valence-electron chi connectivity index (χ2n) is 6.74. The van der Waals surface area contributed by atoms with Gasteiger partial charge in [0.05, 0.1) is 11.8 Å². The molecule has 0 saturated carbocycles. The minimum atomic E-state index is -0.331. The van der Waals surface area contributed by atoms with Crippen LogP contribution in [0.4, 0.5) is 4.39 Å². The van der Waals surface area contributed by atoms with Gasteiger partial charge in [-0.1, -0.05) is 12.1 Å². The largest absolute Gasteiger partial charge is 0.438 e. The van der Waals surface area contributed by atoms with Crippen molar-refractivity contribution in [2.75, 3.05) is 13.2 Å². The third kappa shape index (κ3) is 4.94. The molecule has 7 heteroatoms. The zero-order valence-electron chi connectivity index (χ0n) is 15.7. The monoisotopic (exact) mass is 393 g/mol. The Morgan fingerprint density at radius 1 is 1.07 bits per heavy atom. The van der Waals surface area contributed by atoms with E-state index >= 15 is 0 Å². The van der Waals surface area contributed by atoms with E-state index in [0.29, 0.717) is 29.4 Å². The molecule has 1 saturated heterocycles. The fourth-order valence-corrected chi connectivity index (χ4v) is 3.06. The fraction of sp³-hybridized carbons (Fsp3) is 0.227. The summed E-state index contributed by atoms with van der Waals surface area (Å²) < 4.78 is 24.0. The summed E-state index contributed by atoms with van der Waals surface area (Å²) in [4.78, 5) is 12.3. The summed E-state index contributed by atoms with van der Waals surface area (Å²) in [5.74, 6) is 0.335. The van der Waals surface area contributed by atoms with Gasteiger partial charge in [0.15, 0.2) is 0 Å². The number of carbonyl (C=O) groups excluding carboxylic acids is 1. The molecular weight excluding hydrogens is 373 g/mol. The number of halogens is 1. The van der Waals surface area contributed by atoms with E-state index in [9.17, 15) is 9.18 Å². The molecule has 6 nitrogen and oxygen atoms in total. The van der Waals surface area contributed by atoms with E-state index in [1.54, 1.807) is 24.3 Å². The molecule has 148 valence electrons. The van der Waals surface area contributed by atoms with Gasteiger partial charge in [-0.2, -0.15) is 0 Å². The third-order valence-electron chi connectivity index (χ3n) is 4.63. The first-order chi connectivity index (χ1) is 14.2. The molecule has 1 atom stereocenters. The van der Waals surface area contributed by atoms with Crippen molar-refractivity contribution in [1.82, 2.24) is 15.5 Å². The first-order valence-electron chi connectivity index (χ1n) is 9.45. The lowest BCUT2D eigenvalue weighted by atomic mass is 10.1. The minimum absolute atomic E-state index is 0.115. The summed E-state index contributed by atoms with van der Waals surface area (Å²) in [5.41, 5.74) is 2.07. The number of hydrogen-bond donors (Lipinski definition) is 1. The van der Waals surface area contributed by atoms with Crippen molar-refractivity contribution < 1.29 is 18.7 Å². The van der Waals surface area contributed by atoms with Crippen LogP contribution in [0.3, 0.4) is 0 Å². The SMILES string of the molecule is O=C(NCC1CCCO1)c1ccc(-c2ccc(Oc3ccc(F)cc3)nn2)cc1. The van der Waals surface area contributed by atoms with Crippen LogP contribution in [0.2, 0.25) is 0 Å². The molecule has 29 heavy (non-hydrogen) atoms. The van der Waals surface area contributed by atoms with Crippen molar-refractivity contribution in [3.63, 3.8) is 0 Å². The summed E-state index contributed by atoms with van der Waals surface area (Å²) in [5, 5.41) is 11.1. The van der Waals surface area contributed by atoms with Gasteiger partial charge in [0.1, 0.15) is 11.6 Å². The minimum Gasteiger partial charge on any atom is -0.438 e. The van der Waals surface area contributed by atoms with E-state index in [-0.39, 0.29) is 17.8 Å². The Bertz CT molecular complexity index is 954. The van der Waals surface area contributed by atoms with Crippen molar-refractivity contribution in [1.29, 1.82) is 0 Å². The molecule has 1 aliphatic heterocycles. The van der Waals surface area contributed by atoms with Gasteiger partial charge in [-0.15, -0.1) is 10.2 Å². The maximum atomic E-state index is 12.9. The third-order valence-corrected chi connectivity index (χ3v) is 4.63. The second kappa shape index (κ2) is 8.79. The molecule has 2 heterocycles. The van der Waals surface area contributed by atoms with Gasteiger partial charge >= 0.3 is 0 Å². The van der Waals surface area contributed by atoms with Crippen molar-refractivity contribution in [2.24, 2.45) is 0 Å². The first kappa shape index (κ1) is 19.0. The van der Waals surface area contributed by atoms with E-state index in [2.05, 4.69) is 15.5 Å². The van der Waals surface area contributed by atoms with E-state index in [4.69, 9.17) is 9.47 Å². The van der Waals surface area contributed by atoms with Crippen LogP contribution >= 0.6 is 0 Å². The number of aromatic nitrogens is 2. The van der Waals surface area contributed by atoms with Crippen LogP contribution in [0.15, 0.2) is 60.7 Å². The molecule has 2 aromatic carbocycles. The van der Waals surface area contributed by atoms with E-state index < -0.39 is 0 Å². The predicted molar refractivity (Wildman–Crippen MR) is 105 cm³/mol. The molecule has 1 aliphatic rings. The number of carbonyl (C=O) groups is 1. The van der Waals surface area contributed by atoms with Crippen LogP contribution in [-0.2, 0) is 4.74 Å². The number of benzene rings is 2. The molecule has 4 rings (SSSR count). The number of nitrogens with one attached hydrogen (secondary N) is 1. The molecular formula is C22H20FN3O3. The van der Waals surface area contributed by atoms with E-state index in [1.165, 1.54) is 24.3 Å². The molecule has 0 bridgehead atoms. The maximum Gasteiger partial charge on any atom is 0.251 e. The molecule has 1 unspecified atom stereocenters. The molecule has 0 spiro atoms. The summed E-state index contributed by atoms with van der Waals surface area (Å²) in [6.45, 7) is 1.30. The van der Waals surface area contributed by atoms with Crippen LogP contribution in [0.5, 0.6) is 11.6 Å². The fourth-order valence-electron chi connectivity index (χ4n) is 3.06. The highest BCUT2D eigenvalue weighted by atomic mass is 19.1. The van der Waals surface area contributed by atoms with Crippen LogP contribution in [0, 0.1) is 5.82 Å². The Kier molecular flexibility index (Phi) is 5.76. The average molecular weight is 393 g/mol. The maximum absolute atomic E-state index is 12.9. The number of nitrogens with zero attached hydrogens (tertiary/aromatic N) is 2. The van der Waals surface area contributed by atoms with Gasteiger partial charge in [0.2, 0.25) is 5.88 Å². The quantitative estimate of drug-likeness (QED) is 0.686. The Labute approximate surface area is 167 Å². The smallest absolute Gasteiger partial charge is 0.251 e. The summed E-state index contributed by atoms with van der Waals surface area (Å²) in [6.07, 6.45) is 2.15. The lowest BCUT2D eigenvalue weighted by Crippen LogP contribution is -2.31. The van der Waals surface area contributed by atoms with Crippen LogP contribution < -0.4 is 10.1 Å². The van der Waals surface area contributed by atoms with E-state index in [1.807, 2.05) is 12.1 Å². The highest BCUT2D eigenvalue weighted by Crippen LogP contribution is 2.22. The Balaban J connectivity index is 1.36. The van der Waals surface area contributed by atoms with Gasteiger partial charge in [-0.25, -0.2) is 4.39 Å². The number of ether oxygens (including phenoxy) is 2. The molecule has 0 aliphatic carbocycles. The highest BCUT2D eigenvalue weighted by Gasteiger charge is 2.16. The zero-order valence-corrected chi connectivity index (χ0v) is 15.7. The number of amides is 1. The predicted octanol–water partition coefficient (Wildman–Crippen LogP) is 3.98. The Hall–Kier alpha value is -3.32. The Morgan fingerprint density at radius 2 is 1.86 bits per heavy atom. The van der Waals surface area contributed by atoms with Crippen molar-refractivity contribution >= 4 is 5.91 Å². The molecule has 1 amide bonds. The van der Waals surface area contributed by atoms with Crippen molar-refractivity contribution in [2.45, 2.75) is 18.9 Å². The molecule has 1 aromatic heterocycles. The van der Waals surface area contributed by atoms with E-state index in [0.717, 1.165) is 25.0 Å². The molecule has 3 aromatic rings. The number of rotatable bonds is 6. The normalized spacial score (nSPS) is 15.8. The topological polar surface area (TPSA) is 73.3 Å². The zero-order chi connectivity index (χ0) is 20.1. The molecule has 1 fully saturated rings. The van der Waals surface area contributed by atoms with Gasteiger partial charge in [-0.3, -0.25) is 4.79 Å². The van der Waals surface area contributed by atoms with Gasteiger partial charge in [-0.05, 0) is 55.3 Å². The summed E-state index contributed by atoms with van der Waals surface area (Å²) in [7, 11) is 0. The van der Waals surface area contributed by atoms with Gasteiger partial charge in [0.25, 0.3) is 5.91 Å². The van der Waals surface area contributed by atoms with Crippen LogP contribution in [-0.4, -0.2) is 35.4 Å². The molecule has 0 radical (unpaired) electrons. The lowest BCUT2D eigenvalue weighted by molar-refractivity contribution is 0.0858. The van der Waals surface area contributed by atoms with Gasteiger partial charge in [0, 0.05) is 30.3 Å². The van der Waals surface area contributed by atoms with Crippen molar-refractivity contribution in [3.8, 4) is 22.9 Å². The molecule has 1 N–H and O–H groups in total. The first-order valence-corrected chi connectivity index (χ1v) is 9.45. The van der Waals surface area contributed by atoms with Gasteiger partial charge < -0.3 is 14.8 Å². The lowest BCUT2D eigenvalue weighted by Gasteiger charge is -2.11. The standard InChI is InChI=1S/C22H20FN3O3/c23-17-7-9-18(10-8-17)29-21-12-11-20(25-26-21)15-3-5-16(6-4-15)22(27)24-14-19-2-1-13-28-19/h3-12,19H,1-2,13-14H2,(H,24,27). The highest BCUT2D eigenvalue weighted by molar-refractivity contribution is 5.94. The second-order valence-corrected chi connectivity index (χ2v) is 6.74.